The quantitative estimate of drug-likeness (QED) is 0.791. The Bertz CT molecular complexity index is 310. The Balaban J connectivity index is 2.17. The molecule has 94 valence electrons. The van der Waals surface area contributed by atoms with E-state index in [1.165, 1.54) is 0 Å². The summed E-state index contributed by atoms with van der Waals surface area (Å²) in [5.74, 6) is 0.995. The minimum absolute atomic E-state index is 0.0929. The van der Waals surface area contributed by atoms with Crippen molar-refractivity contribution in [1.29, 1.82) is 0 Å². The van der Waals surface area contributed by atoms with Gasteiger partial charge in [-0.15, -0.1) is 0 Å². The number of unbranched alkanes of at least 4 members (excludes halogenated alkanes) is 1. The highest BCUT2D eigenvalue weighted by atomic mass is 32.2. The van der Waals surface area contributed by atoms with E-state index in [4.69, 9.17) is 0 Å². The van der Waals surface area contributed by atoms with E-state index in [-0.39, 0.29) is 17.4 Å². The van der Waals surface area contributed by atoms with Crippen LogP contribution in [0.2, 0.25) is 0 Å². The van der Waals surface area contributed by atoms with Crippen LogP contribution in [0.1, 0.15) is 39.0 Å². The van der Waals surface area contributed by atoms with E-state index in [9.17, 15) is 13.2 Å². The first kappa shape index (κ1) is 13.5. The third kappa shape index (κ3) is 4.96. The Morgan fingerprint density at radius 1 is 1.31 bits per heavy atom. The topological polar surface area (TPSA) is 63.2 Å². The standard InChI is InChI=1S/C11H21NO3S/c1-2-3-4-11(13)12-9-10-5-7-16(14,15)8-6-10/h10H,2-9H2,1H3,(H,12,13). The maximum Gasteiger partial charge on any atom is 0.220 e. The van der Waals surface area contributed by atoms with Crippen molar-refractivity contribution in [3.63, 3.8) is 0 Å². The fourth-order valence-corrected chi connectivity index (χ4v) is 3.42. The summed E-state index contributed by atoms with van der Waals surface area (Å²) >= 11 is 0. The number of carbonyl (C=O) groups is 1. The zero-order valence-corrected chi connectivity index (χ0v) is 10.7. The van der Waals surface area contributed by atoms with Gasteiger partial charge in [0.25, 0.3) is 0 Å². The summed E-state index contributed by atoms with van der Waals surface area (Å²) in [7, 11) is -2.78. The van der Waals surface area contributed by atoms with Gasteiger partial charge in [-0.2, -0.15) is 0 Å². The Morgan fingerprint density at radius 3 is 2.50 bits per heavy atom. The van der Waals surface area contributed by atoms with Crippen LogP contribution in [0, 0.1) is 5.92 Å². The second-order valence-corrected chi connectivity index (χ2v) is 6.81. The van der Waals surface area contributed by atoms with Gasteiger partial charge in [-0.05, 0) is 25.2 Å². The van der Waals surface area contributed by atoms with Gasteiger partial charge in [0.2, 0.25) is 5.91 Å². The van der Waals surface area contributed by atoms with Crippen LogP contribution in [0.15, 0.2) is 0 Å². The highest BCUT2D eigenvalue weighted by Gasteiger charge is 2.23. The summed E-state index contributed by atoms with van der Waals surface area (Å²) in [4.78, 5) is 11.3. The number of amides is 1. The monoisotopic (exact) mass is 247 g/mol. The van der Waals surface area contributed by atoms with Gasteiger partial charge < -0.3 is 5.32 Å². The van der Waals surface area contributed by atoms with E-state index < -0.39 is 9.84 Å². The van der Waals surface area contributed by atoms with Crippen LogP contribution in [0.4, 0.5) is 0 Å². The van der Waals surface area contributed by atoms with Gasteiger partial charge in [0, 0.05) is 13.0 Å². The molecule has 0 aromatic rings. The van der Waals surface area contributed by atoms with Crippen LogP contribution in [0.3, 0.4) is 0 Å². The van der Waals surface area contributed by atoms with Crippen LogP contribution >= 0.6 is 0 Å². The van der Waals surface area contributed by atoms with E-state index in [1.807, 2.05) is 0 Å². The summed E-state index contributed by atoms with van der Waals surface area (Å²) in [6, 6.07) is 0. The molecule has 0 aromatic carbocycles. The largest absolute Gasteiger partial charge is 0.356 e. The van der Waals surface area contributed by atoms with E-state index in [0.717, 1.165) is 12.8 Å². The highest BCUT2D eigenvalue weighted by molar-refractivity contribution is 7.91. The smallest absolute Gasteiger partial charge is 0.220 e. The molecule has 1 rings (SSSR count). The molecule has 0 spiro atoms. The predicted octanol–water partition coefficient (Wildman–Crippen LogP) is 1.12. The Morgan fingerprint density at radius 2 is 1.94 bits per heavy atom. The lowest BCUT2D eigenvalue weighted by molar-refractivity contribution is -0.121. The number of carbonyl (C=O) groups excluding carboxylic acids is 1. The van der Waals surface area contributed by atoms with Gasteiger partial charge in [0.1, 0.15) is 9.84 Å². The average Bonchev–Trinajstić information content (AvgIpc) is 2.25. The molecule has 0 aromatic heterocycles. The fraction of sp³-hybridized carbons (Fsp3) is 0.909. The van der Waals surface area contributed by atoms with Crippen molar-refractivity contribution in [2.24, 2.45) is 5.92 Å². The second kappa shape index (κ2) is 6.23. The number of hydrogen-bond donors (Lipinski definition) is 1. The lowest BCUT2D eigenvalue weighted by Crippen LogP contribution is -2.33. The second-order valence-electron chi connectivity index (χ2n) is 4.50. The first-order valence-electron chi connectivity index (χ1n) is 6.00. The normalized spacial score (nSPS) is 20.6. The molecule has 1 aliphatic heterocycles. The summed E-state index contributed by atoms with van der Waals surface area (Å²) in [6.45, 7) is 2.69. The molecule has 0 bridgehead atoms. The minimum Gasteiger partial charge on any atom is -0.356 e. The van der Waals surface area contributed by atoms with Crippen LogP contribution in [-0.4, -0.2) is 32.4 Å². The third-order valence-corrected chi connectivity index (χ3v) is 4.73. The Labute approximate surface area is 97.7 Å². The maximum absolute atomic E-state index is 11.3. The Hall–Kier alpha value is -0.580. The summed E-state index contributed by atoms with van der Waals surface area (Å²) in [5.41, 5.74) is 0. The lowest BCUT2D eigenvalue weighted by Gasteiger charge is -2.22. The molecule has 1 fully saturated rings. The first-order valence-corrected chi connectivity index (χ1v) is 7.83. The van der Waals surface area contributed by atoms with Gasteiger partial charge in [-0.1, -0.05) is 13.3 Å². The van der Waals surface area contributed by atoms with Gasteiger partial charge >= 0.3 is 0 Å². The molecule has 4 nitrogen and oxygen atoms in total. The molecule has 0 unspecified atom stereocenters. The minimum atomic E-state index is -2.78. The summed E-state index contributed by atoms with van der Waals surface area (Å²) < 4.78 is 22.4. The molecular formula is C11H21NO3S. The van der Waals surface area contributed by atoms with Gasteiger partial charge in [0.15, 0.2) is 0 Å². The number of sulfone groups is 1. The van der Waals surface area contributed by atoms with Crippen LogP contribution < -0.4 is 5.32 Å². The average molecular weight is 247 g/mol. The fourth-order valence-electron chi connectivity index (χ4n) is 1.83. The molecule has 0 radical (unpaired) electrons. The Kier molecular flexibility index (Phi) is 5.25. The van der Waals surface area contributed by atoms with Crippen molar-refractivity contribution in [3.8, 4) is 0 Å². The molecule has 1 heterocycles. The van der Waals surface area contributed by atoms with E-state index in [2.05, 4.69) is 12.2 Å². The zero-order chi connectivity index (χ0) is 12.0. The van der Waals surface area contributed by atoms with Crippen LogP contribution in [-0.2, 0) is 14.6 Å². The van der Waals surface area contributed by atoms with Crippen molar-refractivity contribution in [3.05, 3.63) is 0 Å². The lowest BCUT2D eigenvalue weighted by atomic mass is 10.0. The van der Waals surface area contributed by atoms with Crippen molar-refractivity contribution >= 4 is 15.7 Å². The SMILES string of the molecule is CCCCC(=O)NCC1CCS(=O)(=O)CC1. The van der Waals surface area contributed by atoms with E-state index in [1.54, 1.807) is 0 Å². The van der Waals surface area contributed by atoms with Crippen molar-refractivity contribution in [1.82, 2.24) is 5.32 Å². The predicted molar refractivity (Wildman–Crippen MR) is 63.9 cm³/mol. The van der Waals surface area contributed by atoms with Gasteiger partial charge in [-0.25, -0.2) is 8.42 Å². The van der Waals surface area contributed by atoms with Crippen LogP contribution in [0.25, 0.3) is 0 Å². The van der Waals surface area contributed by atoms with E-state index >= 15 is 0 Å². The molecule has 1 amide bonds. The van der Waals surface area contributed by atoms with Crippen molar-refractivity contribution in [2.45, 2.75) is 39.0 Å². The molecule has 16 heavy (non-hydrogen) atoms. The first-order chi connectivity index (χ1) is 7.53. The van der Waals surface area contributed by atoms with E-state index in [0.29, 0.717) is 31.7 Å². The molecule has 1 N–H and O–H groups in total. The summed E-state index contributed by atoms with van der Waals surface area (Å²) in [6.07, 6.45) is 3.91. The molecule has 1 saturated heterocycles. The molecule has 1 aliphatic rings. The van der Waals surface area contributed by atoms with Gasteiger partial charge in [0.05, 0.1) is 11.5 Å². The number of nitrogens with one attached hydrogen (secondary N) is 1. The third-order valence-electron chi connectivity index (χ3n) is 3.02. The highest BCUT2D eigenvalue weighted by Crippen LogP contribution is 2.17. The van der Waals surface area contributed by atoms with Gasteiger partial charge in [-0.3, -0.25) is 4.79 Å². The molecule has 0 aliphatic carbocycles. The molecule has 0 saturated carbocycles. The molecule has 5 heteroatoms. The van der Waals surface area contributed by atoms with Crippen molar-refractivity contribution < 1.29 is 13.2 Å². The number of rotatable bonds is 5. The van der Waals surface area contributed by atoms with Crippen molar-refractivity contribution in [2.75, 3.05) is 18.1 Å². The molecular weight excluding hydrogens is 226 g/mol. The zero-order valence-electron chi connectivity index (χ0n) is 9.87. The summed E-state index contributed by atoms with van der Waals surface area (Å²) in [5, 5.41) is 2.88. The molecule has 0 atom stereocenters. The number of hydrogen-bond acceptors (Lipinski definition) is 3. The maximum atomic E-state index is 11.3. The van der Waals surface area contributed by atoms with Crippen LogP contribution in [0.5, 0.6) is 0 Å².